The van der Waals surface area contributed by atoms with Crippen LogP contribution in [0.4, 0.5) is 0 Å². The van der Waals surface area contributed by atoms with Crippen molar-refractivity contribution in [3.05, 3.63) is 80.1 Å². The first-order valence-corrected chi connectivity index (χ1v) is 12.7. The maximum absolute atomic E-state index is 14.3. The quantitative estimate of drug-likeness (QED) is 0.282. The summed E-state index contributed by atoms with van der Waals surface area (Å²) in [5.74, 6) is -0.973. The van der Waals surface area contributed by atoms with Gasteiger partial charge >= 0.3 is 5.97 Å². The Morgan fingerprint density at radius 1 is 1.14 bits per heavy atom. The minimum atomic E-state index is -1.00. The van der Waals surface area contributed by atoms with Crippen LogP contribution in [0.2, 0.25) is 15.1 Å². The number of aryl methyl sites for hydroxylation is 1. The molecule has 1 saturated heterocycles. The first-order chi connectivity index (χ1) is 17.7. The molecule has 1 aliphatic heterocycles. The third-order valence-electron chi connectivity index (χ3n) is 6.97. The summed E-state index contributed by atoms with van der Waals surface area (Å²) in [5, 5.41) is 15.3. The van der Waals surface area contributed by atoms with Crippen molar-refractivity contribution >= 4 is 63.2 Å². The normalized spacial score (nSPS) is 17.2. The Bertz CT molecular complexity index is 1640. The summed E-state index contributed by atoms with van der Waals surface area (Å²) in [5.41, 5.74) is 3.42. The van der Waals surface area contributed by atoms with Crippen LogP contribution in [-0.2, 0) is 21.4 Å². The number of aliphatic carboxylic acids is 1. The van der Waals surface area contributed by atoms with E-state index in [2.05, 4.69) is 5.16 Å². The van der Waals surface area contributed by atoms with Crippen LogP contribution in [0.3, 0.4) is 0 Å². The lowest BCUT2D eigenvalue weighted by Gasteiger charge is -2.36. The van der Waals surface area contributed by atoms with E-state index in [0.29, 0.717) is 47.9 Å². The third-order valence-corrected chi connectivity index (χ3v) is 7.79. The monoisotopic (exact) mass is 556 g/mol. The molecule has 10 heteroatoms. The Morgan fingerprint density at radius 3 is 2.51 bits per heavy atom. The number of ether oxygens (including phenoxy) is 1. The van der Waals surface area contributed by atoms with Crippen molar-refractivity contribution in [2.75, 3.05) is 13.2 Å². The van der Waals surface area contributed by atoms with Crippen molar-refractivity contribution in [1.29, 1.82) is 0 Å². The summed E-state index contributed by atoms with van der Waals surface area (Å²) in [7, 11) is 0. The third kappa shape index (κ3) is 3.80. The predicted octanol–water partition coefficient (Wildman–Crippen LogP) is 6.65. The van der Waals surface area contributed by atoms with Gasteiger partial charge in [0.05, 0.1) is 34.2 Å². The minimum absolute atomic E-state index is 0.223. The fourth-order valence-corrected chi connectivity index (χ4v) is 6.19. The number of carbonyl (C=O) groups excluding carboxylic acids is 1. The van der Waals surface area contributed by atoms with E-state index >= 15 is 0 Å². The molecule has 0 radical (unpaired) electrons. The second kappa shape index (κ2) is 8.74. The molecule has 2 aliphatic rings. The van der Waals surface area contributed by atoms with Gasteiger partial charge in [-0.3, -0.25) is 9.36 Å². The van der Waals surface area contributed by atoms with E-state index < -0.39 is 11.4 Å². The Hall–Kier alpha value is -3.10. The van der Waals surface area contributed by atoms with Gasteiger partial charge in [-0.1, -0.05) is 52.1 Å². The van der Waals surface area contributed by atoms with Crippen molar-refractivity contribution in [2.45, 2.75) is 25.2 Å². The molecule has 0 saturated carbocycles. The highest BCUT2D eigenvalue weighted by molar-refractivity contribution is 6.42. The van der Waals surface area contributed by atoms with E-state index in [9.17, 15) is 14.7 Å². The highest BCUT2D eigenvalue weighted by atomic mass is 35.5. The van der Waals surface area contributed by atoms with Crippen molar-refractivity contribution < 1.29 is 24.0 Å². The number of nitrogens with zero attached hydrogens (tertiary/aromatic N) is 2. The molecule has 0 amide bonds. The fourth-order valence-electron chi connectivity index (χ4n) is 5.20. The lowest BCUT2D eigenvalue weighted by atomic mass is 9.82. The molecule has 3 heterocycles. The maximum Gasteiger partial charge on any atom is 0.328 e. The highest BCUT2D eigenvalue weighted by Gasteiger charge is 2.44. The molecule has 2 aromatic heterocycles. The van der Waals surface area contributed by atoms with E-state index in [1.165, 1.54) is 18.2 Å². The summed E-state index contributed by atoms with van der Waals surface area (Å²) in [6.45, 7) is 2.68. The molecule has 0 bridgehead atoms. The van der Waals surface area contributed by atoms with E-state index in [-0.39, 0.29) is 27.2 Å². The van der Waals surface area contributed by atoms with Crippen LogP contribution in [-0.4, -0.2) is 39.9 Å². The van der Waals surface area contributed by atoms with Crippen molar-refractivity contribution in [1.82, 2.24) is 9.72 Å². The van der Waals surface area contributed by atoms with Gasteiger partial charge in [0.1, 0.15) is 11.3 Å². The Labute approximate surface area is 226 Å². The van der Waals surface area contributed by atoms with Crippen LogP contribution < -0.4 is 0 Å². The van der Waals surface area contributed by atoms with Gasteiger partial charge in [0.2, 0.25) is 0 Å². The van der Waals surface area contributed by atoms with Crippen molar-refractivity contribution in [2.24, 2.45) is 0 Å². The highest BCUT2D eigenvalue weighted by Crippen LogP contribution is 2.44. The number of hydrogen-bond acceptors (Lipinski definition) is 5. The number of allylic oxidation sites excluding steroid dienone is 1. The van der Waals surface area contributed by atoms with E-state index in [1.807, 2.05) is 25.1 Å². The van der Waals surface area contributed by atoms with Gasteiger partial charge in [0.15, 0.2) is 5.76 Å². The molecule has 37 heavy (non-hydrogen) atoms. The zero-order valence-corrected chi connectivity index (χ0v) is 21.7. The summed E-state index contributed by atoms with van der Waals surface area (Å²) >= 11 is 19.2. The molecule has 6 rings (SSSR count). The van der Waals surface area contributed by atoms with Gasteiger partial charge in [-0.05, 0) is 54.7 Å². The molecule has 2 aromatic carbocycles. The van der Waals surface area contributed by atoms with Crippen LogP contribution in [0.5, 0.6) is 0 Å². The molecular formula is C27H19Cl3N2O5. The number of benzene rings is 2. The number of carboxylic acid groups (broad SMARTS) is 1. The number of rotatable bonds is 4. The average molecular weight is 558 g/mol. The Morgan fingerprint density at radius 2 is 1.86 bits per heavy atom. The zero-order chi connectivity index (χ0) is 26.1. The van der Waals surface area contributed by atoms with Gasteiger partial charge < -0.3 is 14.4 Å². The van der Waals surface area contributed by atoms with Crippen molar-refractivity contribution in [3.63, 3.8) is 0 Å². The van der Waals surface area contributed by atoms with Crippen LogP contribution >= 0.6 is 34.8 Å². The van der Waals surface area contributed by atoms with Gasteiger partial charge in [-0.2, -0.15) is 0 Å². The summed E-state index contributed by atoms with van der Waals surface area (Å²) in [4.78, 5) is 25.7. The van der Waals surface area contributed by atoms with E-state index in [4.69, 9.17) is 44.1 Å². The van der Waals surface area contributed by atoms with Crippen molar-refractivity contribution in [3.8, 4) is 11.3 Å². The minimum Gasteiger partial charge on any atom is -0.478 e. The SMILES string of the molecule is CC1(c2onc(-c3c(Cl)cc(Cl)cc3Cl)c2C(=O)n2cc3c4c(cccc42)/C(=C/C(=O)O)CC3)COC1. The van der Waals surface area contributed by atoms with Gasteiger partial charge in [-0.15, -0.1) is 0 Å². The average Bonchev–Trinajstić information content (AvgIpc) is 3.41. The molecular weight excluding hydrogens is 539 g/mol. The lowest BCUT2D eigenvalue weighted by Crippen LogP contribution is -2.44. The summed E-state index contributed by atoms with van der Waals surface area (Å²) in [6.07, 6.45) is 4.21. The molecule has 188 valence electrons. The number of aromatic nitrogens is 2. The topological polar surface area (TPSA) is 94.6 Å². The smallest absolute Gasteiger partial charge is 0.328 e. The summed E-state index contributed by atoms with van der Waals surface area (Å²) < 4.78 is 12.8. The zero-order valence-electron chi connectivity index (χ0n) is 19.5. The maximum atomic E-state index is 14.3. The molecule has 7 nitrogen and oxygen atoms in total. The molecule has 1 aliphatic carbocycles. The second-order valence-corrected chi connectivity index (χ2v) is 10.8. The van der Waals surface area contributed by atoms with E-state index in [1.54, 1.807) is 10.8 Å². The van der Waals surface area contributed by atoms with Gasteiger partial charge in [0, 0.05) is 28.2 Å². The number of carboxylic acids is 1. The molecule has 4 aromatic rings. The molecule has 1 N–H and O–H groups in total. The predicted molar refractivity (Wildman–Crippen MR) is 141 cm³/mol. The fraction of sp³-hybridized carbons (Fsp3) is 0.222. The van der Waals surface area contributed by atoms with Crippen LogP contribution in [0.1, 0.15) is 40.6 Å². The second-order valence-electron chi connectivity index (χ2n) is 9.57. The van der Waals surface area contributed by atoms with Gasteiger partial charge in [-0.25, -0.2) is 4.79 Å². The molecule has 0 atom stereocenters. The van der Waals surface area contributed by atoms with Crippen LogP contribution in [0.25, 0.3) is 27.7 Å². The largest absolute Gasteiger partial charge is 0.478 e. The van der Waals surface area contributed by atoms with Gasteiger partial charge in [0.25, 0.3) is 5.91 Å². The summed E-state index contributed by atoms with van der Waals surface area (Å²) in [6, 6.07) is 8.61. The van der Waals surface area contributed by atoms with Crippen LogP contribution in [0, 0.1) is 0 Å². The molecule has 0 unspecified atom stereocenters. The first-order valence-electron chi connectivity index (χ1n) is 11.5. The molecule has 1 fully saturated rings. The molecule has 0 spiro atoms. The lowest BCUT2D eigenvalue weighted by molar-refractivity contribution is -0.131. The number of hydrogen-bond donors (Lipinski definition) is 1. The Balaban J connectivity index is 1.58. The standard InChI is InChI=1S/C27H19Cl3N2O5/c1-27(11-36-12-27)25-23(24(31-37-25)22-17(29)8-15(28)9-18(22)30)26(35)32-10-14-6-5-13(7-20(33)34)16-3-2-4-19(32)21(14)16/h2-4,7-10H,5-6,11-12H2,1H3,(H,33,34)/b13-7+. The number of carbonyl (C=O) groups is 2. The first kappa shape index (κ1) is 24.2. The van der Waals surface area contributed by atoms with Crippen LogP contribution in [0.15, 0.2) is 47.1 Å². The van der Waals surface area contributed by atoms with E-state index in [0.717, 1.165) is 22.1 Å². The number of halogens is 3. The Kier molecular flexibility index (Phi) is 5.73.